The molecule has 1 aromatic heterocycles. The van der Waals surface area contributed by atoms with Crippen LogP contribution >= 0.6 is 11.6 Å². The summed E-state index contributed by atoms with van der Waals surface area (Å²) in [6.45, 7) is 5.72. The van der Waals surface area contributed by atoms with Crippen LogP contribution in [-0.2, 0) is 10.0 Å². The zero-order chi connectivity index (χ0) is 14.7. The van der Waals surface area contributed by atoms with Gasteiger partial charge >= 0.3 is 0 Å². The highest BCUT2D eigenvalue weighted by Crippen LogP contribution is 2.23. The zero-order valence-corrected chi connectivity index (χ0v) is 12.8. The number of hydrogen-bond acceptors (Lipinski definition) is 5. The molecule has 0 fully saturated rings. The normalized spacial score (nSPS) is 12.5. The van der Waals surface area contributed by atoms with Gasteiger partial charge in [0.05, 0.1) is 5.02 Å². The third-order valence-corrected chi connectivity index (χ3v) is 5.10. The quantitative estimate of drug-likeness (QED) is 0.551. The van der Waals surface area contributed by atoms with E-state index in [0.717, 1.165) is 0 Å². The fourth-order valence-corrected chi connectivity index (χ4v) is 3.26. The van der Waals surface area contributed by atoms with E-state index in [0.29, 0.717) is 12.8 Å². The van der Waals surface area contributed by atoms with Gasteiger partial charge in [-0.1, -0.05) is 25.4 Å². The SMILES string of the molecule is CCC(C)(CC)NS(=O)(=O)c1cnc(NN)c(Cl)c1. The summed E-state index contributed by atoms with van der Waals surface area (Å²) in [5.74, 6) is 5.42. The summed E-state index contributed by atoms with van der Waals surface area (Å²) in [5, 5.41) is 0.153. The third kappa shape index (κ3) is 3.79. The maximum atomic E-state index is 12.3. The molecule has 0 atom stereocenters. The molecule has 1 aromatic rings. The predicted molar refractivity (Wildman–Crippen MR) is 76.4 cm³/mol. The molecule has 19 heavy (non-hydrogen) atoms. The van der Waals surface area contributed by atoms with E-state index in [4.69, 9.17) is 17.4 Å². The van der Waals surface area contributed by atoms with E-state index in [2.05, 4.69) is 15.1 Å². The number of pyridine rings is 1. The van der Waals surface area contributed by atoms with Gasteiger partial charge in [-0.15, -0.1) is 0 Å². The number of nitrogen functional groups attached to an aromatic ring is 1. The third-order valence-electron chi connectivity index (χ3n) is 3.20. The second-order valence-corrected chi connectivity index (χ2v) is 6.61. The maximum absolute atomic E-state index is 12.3. The van der Waals surface area contributed by atoms with Gasteiger partial charge in [-0.3, -0.25) is 0 Å². The molecule has 1 rings (SSSR count). The van der Waals surface area contributed by atoms with Crippen LogP contribution in [0, 0.1) is 0 Å². The summed E-state index contributed by atoms with van der Waals surface area (Å²) < 4.78 is 27.2. The molecule has 0 amide bonds. The number of anilines is 1. The molecule has 0 radical (unpaired) electrons. The molecule has 0 aliphatic carbocycles. The highest BCUT2D eigenvalue weighted by molar-refractivity contribution is 7.89. The van der Waals surface area contributed by atoms with Gasteiger partial charge in [0, 0.05) is 11.7 Å². The van der Waals surface area contributed by atoms with Crippen LogP contribution in [0.3, 0.4) is 0 Å². The number of hydrazine groups is 1. The van der Waals surface area contributed by atoms with Crippen molar-refractivity contribution >= 4 is 27.4 Å². The van der Waals surface area contributed by atoms with Gasteiger partial charge in [0.1, 0.15) is 4.90 Å². The lowest BCUT2D eigenvalue weighted by Crippen LogP contribution is -2.44. The molecule has 0 aliphatic rings. The Labute approximate surface area is 118 Å². The number of hydrogen-bond donors (Lipinski definition) is 3. The van der Waals surface area contributed by atoms with E-state index in [1.807, 2.05) is 20.8 Å². The predicted octanol–water partition coefficient (Wildman–Crippen LogP) is 1.88. The summed E-state index contributed by atoms with van der Waals surface area (Å²) in [5.41, 5.74) is 1.80. The minimum absolute atomic E-state index is 0.0182. The highest BCUT2D eigenvalue weighted by Gasteiger charge is 2.28. The number of halogens is 1. The molecular weight excluding hydrogens is 288 g/mol. The Morgan fingerprint density at radius 2 is 2.00 bits per heavy atom. The fourth-order valence-electron chi connectivity index (χ4n) is 1.45. The maximum Gasteiger partial charge on any atom is 0.242 e. The van der Waals surface area contributed by atoms with Gasteiger partial charge in [0.2, 0.25) is 10.0 Å². The lowest BCUT2D eigenvalue weighted by Gasteiger charge is -2.27. The van der Waals surface area contributed by atoms with Crippen molar-refractivity contribution in [1.82, 2.24) is 9.71 Å². The molecule has 0 saturated carbocycles. The van der Waals surface area contributed by atoms with E-state index >= 15 is 0 Å². The van der Waals surface area contributed by atoms with E-state index in [1.165, 1.54) is 12.3 Å². The van der Waals surface area contributed by atoms with Gasteiger partial charge in [-0.2, -0.15) is 0 Å². The molecule has 1 heterocycles. The molecule has 0 spiro atoms. The first-order valence-electron chi connectivity index (χ1n) is 5.94. The summed E-state index contributed by atoms with van der Waals surface area (Å²) in [6, 6.07) is 1.32. The average Bonchev–Trinajstić information content (AvgIpc) is 2.38. The minimum Gasteiger partial charge on any atom is -0.307 e. The van der Waals surface area contributed by atoms with Crippen molar-refractivity contribution in [3.05, 3.63) is 17.3 Å². The van der Waals surface area contributed by atoms with Crippen molar-refractivity contribution < 1.29 is 8.42 Å². The van der Waals surface area contributed by atoms with Crippen LogP contribution in [0.25, 0.3) is 0 Å². The molecule has 4 N–H and O–H groups in total. The Balaban J connectivity index is 3.11. The average molecular weight is 307 g/mol. The first-order valence-corrected chi connectivity index (χ1v) is 7.80. The van der Waals surface area contributed by atoms with Gasteiger partial charge in [0.25, 0.3) is 0 Å². The van der Waals surface area contributed by atoms with Crippen LogP contribution in [0.4, 0.5) is 5.82 Å². The summed E-state index contributed by atoms with van der Waals surface area (Å²) in [6.07, 6.45) is 2.59. The number of rotatable bonds is 6. The number of aromatic nitrogens is 1. The molecule has 6 nitrogen and oxygen atoms in total. The molecule has 8 heteroatoms. The van der Waals surface area contributed by atoms with Crippen molar-refractivity contribution in [3.8, 4) is 0 Å². The molecule has 0 saturated heterocycles. The first kappa shape index (κ1) is 16.2. The van der Waals surface area contributed by atoms with Crippen LogP contribution < -0.4 is 16.0 Å². The van der Waals surface area contributed by atoms with E-state index in [9.17, 15) is 8.42 Å². The van der Waals surface area contributed by atoms with Gasteiger partial charge in [0.15, 0.2) is 5.82 Å². The number of nitrogens with one attached hydrogen (secondary N) is 2. The van der Waals surface area contributed by atoms with E-state index in [-0.39, 0.29) is 15.7 Å². The zero-order valence-electron chi connectivity index (χ0n) is 11.2. The van der Waals surface area contributed by atoms with Crippen molar-refractivity contribution in [2.75, 3.05) is 5.43 Å². The van der Waals surface area contributed by atoms with E-state index < -0.39 is 15.6 Å². The Hall–Kier alpha value is -0.890. The lowest BCUT2D eigenvalue weighted by atomic mass is 9.98. The smallest absolute Gasteiger partial charge is 0.242 e. The van der Waals surface area contributed by atoms with Gasteiger partial charge in [-0.05, 0) is 25.8 Å². The van der Waals surface area contributed by atoms with Crippen LogP contribution in [0.1, 0.15) is 33.6 Å². The molecule has 0 unspecified atom stereocenters. The topological polar surface area (TPSA) is 97.1 Å². The Bertz CT molecular complexity index is 544. The fraction of sp³-hybridized carbons (Fsp3) is 0.545. The van der Waals surface area contributed by atoms with Crippen molar-refractivity contribution in [1.29, 1.82) is 0 Å². The summed E-state index contributed by atoms with van der Waals surface area (Å²) in [4.78, 5) is 3.88. The Morgan fingerprint density at radius 1 is 1.42 bits per heavy atom. The number of sulfonamides is 1. The van der Waals surface area contributed by atoms with E-state index in [1.54, 1.807) is 0 Å². The number of nitrogens with two attached hydrogens (primary N) is 1. The summed E-state index contributed by atoms with van der Waals surface area (Å²) >= 11 is 5.88. The molecule has 108 valence electrons. The van der Waals surface area contributed by atoms with Crippen molar-refractivity contribution in [3.63, 3.8) is 0 Å². The second kappa shape index (κ2) is 6.04. The van der Waals surface area contributed by atoms with Crippen LogP contribution in [0.15, 0.2) is 17.2 Å². The highest BCUT2D eigenvalue weighted by atomic mass is 35.5. The van der Waals surface area contributed by atoms with Crippen LogP contribution in [0.5, 0.6) is 0 Å². The largest absolute Gasteiger partial charge is 0.307 e. The van der Waals surface area contributed by atoms with Crippen molar-refractivity contribution in [2.24, 2.45) is 5.84 Å². The molecule has 0 aromatic carbocycles. The van der Waals surface area contributed by atoms with Gasteiger partial charge < -0.3 is 5.43 Å². The van der Waals surface area contributed by atoms with Gasteiger partial charge in [-0.25, -0.2) is 24.0 Å². The Kier molecular flexibility index (Phi) is 5.14. The first-order chi connectivity index (χ1) is 8.78. The standard InChI is InChI=1S/C11H19ClN4O2S/c1-4-11(3,5-2)16-19(17,18)8-6-9(12)10(15-13)14-7-8/h6-7,16H,4-5,13H2,1-3H3,(H,14,15). The molecular formula is C11H19ClN4O2S. The molecule has 0 bridgehead atoms. The van der Waals surface area contributed by atoms with Crippen LogP contribution in [0.2, 0.25) is 5.02 Å². The van der Waals surface area contributed by atoms with Crippen molar-refractivity contribution in [2.45, 2.75) is 44.0 Å². The number of nitrogens with zero attached hydrogens (tertiary/aromatic N) is 1. The minimum atomic E-state index is -3.66. The lowest BCUT2D eigenvalue weighted by molar-refractivity contribution is 0.388. The Morgan fingerprint density at radius 3 is 2.42 bits per heavy atom. The monoisotopic (exact) mass is 306 g/mol. The van der Waals surface area contributed by atoms with Crippen LogP contribution in [-0.4, -0.2) is 18.9 Å². The summed E-state index contributed by atoms with van der Waals surface area (Å²) in [7, 11) is -3.66. The second-order valence-electron chi connectivity index (χ2n) is 4.52. The molecule has 0 aliphatic heterocycles.